The van der Waals surface area contributed by atoms with Crippen molar-refractivity contribution in [3.8, 4) is 0 Å². The molecule has 2 rings (SSSR count). The third kappa shape index (κ3) is 5.57. The van der Waals surface area contributed by atoms with E-state index in [2.05, 4.69) is 12.2 Å². The zero-order chi connectivity index (χ0) is 20.0. The van der Waals surface area contributed by atoms with E-state index in [1.807, 2.05) is 67.4 Å². The van der Waals surface area contributed by atoms with Gasteiger partial charge < -0.3 is 15.1 Å². The van der Waals surface area contributed by atoms with E-state index in [-0.39, 0.29) is 17.7 Å². The fourth-order valence-corrected chi connectivity index (χ4v) is 3.55. The molecule has 2 aromatic rings. The lowest BCUT2D eigenvalue weighted by atomic mass is 10.1. The Hall–Kier alpha value is -2.34. The minimum absolute atomic E-state index is 0.0407. The van der Waals surface area contributed by atoms with E-state index in [0.29, 0.717) is 11.4 Å². The van der Waals surface area contributed by atoms with E-state index in [1.54, 1.807) is 6.07 Å². The highest BCUT2D eigenvalue weighted by Gasteiger charge is 2.19. The summed E-state index contributed by atoms with van der Waals surface area (Å²) < 4.78 is 0. The smallest absolute Gasteiger partial charge is 0.265 e. The molecule has 5 nitrogen and oxygen atoms in total. The fourth-order valence-electron chi connectivity index (χ4n) is 2.93. The second kappa shape index (κ2) is 9.55. The molecule has 0 saturated heterocycles. The molecule has 0 atom stereocenters. The van der Waals surface area contributed by atoms with Gasteiger partial charge >= 0.3 is 0 Å². The van der Waals surface area contributed by atoms with Crippen LogP contribution in [0.2, 0.25) is 0 Å². The Morgan fingerprint density at radius 3 is 2.48 bits per heavy atom. The number of rotatable bonds is 8. The Bertz CT molecular complexity index is 770. The number of hydrogen-bond donors (Lipinski definition) is 1. The Morgan fingerprint density at radius 1 is 1.19 bits per heavy atom. The van der Waals surface area contributed by atoms with Gasteiger partial charge in [0.2, 0.25) is 5.91 Å². The number of hydrogen-bond acceptors (Lipinski definition) is 4. The first kappa shape index (κ1) is 21.0. The maximum absolute atomic E-state index is 12.6. The van der Waals surface area contributed by atoms with Crippen LogP contribution in [0.15, 0.2) is 35.7 Å². The van der Waals surface area contributed by atoms with Crippen molar-refractivity contribution in [1.29, 1.82) is 0 Å². The Morgan fingerprint density at radius 2 is 1.93 bits per heavy atom. The van der Waals surface area contributed by atoms with Gasteiger partial charge in [-0.15, -0.1) is 11.3 Å². The summed E-state index contributed by atoms with van der Waals surface area (Å²) in [6, 6.07) is 9.53. The molecule has 0 fully saturated rings. The van der Waals surface area contributed by atoms with Crippen molar-refractivity contribution in [3.05, 3.63) is 46.2 Å². The van der Waals surface area contributed by atoms with Gasteiger partial charge in [0.05, 0.1) is 4.88 Å². The number of amides is 2. The molecule has 6 heteroatoms. The van der Waals surface area contributed by atoms with Crippen LogP contribution in [0.5, 0.6) is 0 Å². The van der Waals surface area contributed by atoms with Gasteiger partial charge in [0, 0.05) is 44.5 Å². The van der Waals surface area contributed by atoms with Crippen LogP contribution in [-0.4, -0.2) is 37.4 Å². The Balaban J connectivity index is 2.28. The third-order valence-electron chi connectivity index (χ3n) is 4.22. The maximum Gasteiger partial charge on any atom is 0.265 e. The van der Waals surface area contributed by atoms with Crippen molar-refractivity contribution in [3.63, 3.8) is 0 Å². The summed E-state index contributed by atoms with van der Waals surface area (Å²) in [5.74, 6) is -0.00660. The molecular weight excluding hydrogens is 358 g/mol. The van der Waals surface area contributed by atoms with E-state index >= 15 is 0 Å². The number of anilines is 2. The van der Waals surface area contributed by atoms with Crippen molar-refractivity contribution in [2.45, 2.75) is 33.7 Å². The van der Waals surface area contributed by atoms with Gasteiger partial charge in [-0.2, -0.15) is 0 Å². The largest absolute Gasteiger partial charge is 0.377 e. The highest BCUT2D eigenvalue weighted by atomic mass is 32.1. The standard InChI is InChI=1S/C21H29N3O2S/c1-6-11-24(21(26)15(2)3)14-16-13-17(9-10-18(16)23(4)5)22-20(25)19-8-7-12-27-19/h7-10,12-13,15H,6,11,14H2,1-5H3,(H,22,25). The zero-order valence-corrected chi connectivity index (χ0v) is 17.6. The second-order valence-corrected chi connectivity index (χ2v) is 8.03. The van der Waals surface area contributed by atoms with E-state index < -0.39 is 0 Å². The lowest BCUT2D eigenvalue weighted by Gasteiger charge is -2.27. The normalized spacial score (nSPS) is 10.7. The fraction of sp³-hybridized carbons (Fsp3) is 0.429. The molecule has 2 amide bonds. The molecule has 0 unspecified atom stereocenters. The maximum atomic E-state index is 12.6. The average Bonchev–Trinajstić information content (AvgIpc) is 3.15. The van der Waals surface area contributed by atoms with Crippen LogP contribution < -0.4 is 10.2 Å². The lowest BCUT2D eigenvalue weighted by molar-refractivity contribution is -0.135. The van der Waals surface area contributed by atoms with E-state index in [1.165, 1.54) is 11.3 Å². The summed E-state index contributed by atoms with van der Waals surface area (Å²) in [5, 5.41) is 4.84. The monoisotopic (exact) mass is 387 g/mol. The topological polar surface area (TPSA) is 52.7 Å². The Kier molecular flexibility index (Phi) is 7.42. The summed E-state index contributed by atoms with van der Waals surface area (Å²) in [5.41, 5.74) is 2.80. The van der Waals surface area contributed by atoms with Crippen LogP contribution in [-0.2, 0) is 11.3 Å². The minimum Gasteiger partial charge on any atom is -0.377 e. The molecule has 1 aromatic carbocycles. The number of nitrogens with one attached hydrogen (secondary N) is 1. The van der Waals surface area contributed by atoms with Crippen LogP contribution in [0.25, 0.3) is 0 Å². The summed E-state index contributed by atoms with van der Waals surface area (Å²) >= 11 is 1.41. The van der Waals surface area contributed by atoms with Crippen molar-refractivity contribution in [2.75, 3.05) is 30.9 Å². The van der Waals surface area contributed by atoms with Crippen molar-refractivity contribution >= 4 is 34.5 Å². The number of carbonyl (C=O) groups is 2. The quantitative estimate of drug-likeness (QED) is 0.727. The molecule has 0 aliphatic carbocycles. The molecule has 0 spiro atoms. The molecule has 1 N–H and O–H groups in total. The first-order valence-electron chi connectivity index (χ1n) is 9.27. The van der Waals surface area contributed by atoms with Gasteiger partial charge in [0.15, 0.2) is 0 Å². The minimum atomic E-state index is -0.114. The molecule has 0 bridgehead atoms. The highest BCUT2D eigenvalue weighted by Crippen LogP contribution is 2.26. The summed E-state index contributed by atoms with van der Waals surface area (Å²) in [6.45, 7) is 7.17. The molecular formula is C21H29N3O2S. The van der Waals surface area contributed by atoms with Crippen molar-refractivity contribution in [1.82, 2.24) is 4.90 Å². The summed E-state index contributed by atoms with van der Waals surface area (Å²) in [6.07, 6.45) is 0.907. The van der Waals surface area contributed by atoms with Gasteiger partial charge in [0.25, 0.3) is 5.91 Å². The summed E-state index contributed by atoms with van der Waals surface area (Å²) in [7, 11) is 3.97. The highest BCUT2D eigenvalue weighted by molar-refractivity contribution is 7.12. The summed E-state index contributed by atoms with van der Waals surface area (Å²) in [4.78, 5) is 29.5. The van der Waals surface area contributed by atoms with Gasteiger partial charge in [-0.25, -0.2) is 0 Å². The molecule has 0 aliphatic heterocycles. The molecule has 1 heterocycles. The molecule has 0 saturated carbocycles. The van der Waals surface area contributed by atoms with Crippen LogP contribution in [0, 0.1) is 5.92 Å². The van der Waals surface area contributed by atoms with E-state index in [9.17, 15) is 9.59 Å². The first-order valence-corrected chi connectivity index (χ1v) is 10.1. The predicted octanol–water partition coefficient (Wildman–Crippen LogP) is 4.46. The molecule has 0 aliphatic rings. The van der Waals surface area contributed by atoms with E-state index in [0.717, 1.165) is 29.9 Å². The number of nitrogens with zero attached hydrogens (tertiary/aromatic N) is 2. The van der Waals surface area contributed by atoms with Gasteiger partial charge in [-0.3, -0.25) is 9.59 Å². The molecule has 146 valence electrons. The zero-order valence-electron chi connectivity index (χ0n) is 16.8. The van der Waals surface area contributed by atoms with Crippen molar-refractivity contribution in [2.24, 2.45) is 5.92 Å². The van der Waals surface area contributed by atoms with E-state index in [4.69, 9.17) is 0 Å². The molecule has 0 radical (unpaired) electrons. The van der Waals surface area contributed by atoms with Crippen LogP contribution in [0.3, 0.4) is 0 Å². The molecule has 27 heavy (non-hydrogen) atoms. The van der Waals surface area contributed by atoms with Crippen molar-refractivity contribution < 1.29 is 9.59 Å². The number of carbonyl (C=O) groups excluding carboxylic acids is 2. The van der Waals surface area contributed by atoms with Gasteiger partial charge in [-0.05, 0) is 41.6 Å². The Labute approximate surface area is 166 Å². The van der Waals surface area contributed by atoms with Crippen LogP contribution >= 0.6 is 11.3 Å². The third-order valence-corrected chi connectivity index (χ3v) is 5.09. The van der Waals surface area contributed by atoms with Crippen LogP contribution in [0.1, 0.15) is 42.4 Å². The molecule has 1 aromatic heterocycles. The average molecular weight is 388 g/mol. The predicted molar refractivity (Wildman–Crippen MR) is 114 cm³/mol. The van der Waals surface area contributed by atoms with Gasteiger partial charge in [-0.1, -0.05) is 26.8 Å². The van der Waals surface area contributed by atoms with Crippen LogP contribution in [0.4, 0.5) is 11.4 Å². The second-order valence-electron chi connectivity index (χ2n) is 7.08. The van der Waals surface area contributed by atoms with Gasteiger partial charge in [0.1, 0.15) is 0 Å². The number of thiophene rings is 1. The number of benzene rings is 1. The lowest BCUT2D eigenvalue weighted by Crippen LogP contribution is -2.34. The SMILES string of the molecule is CCCN(Cc1cc(NC(=O)c2cccs2)ccc1N(C)C)C(=O)C(C)C. The first-order chi connectivity index (χ1) is 12.8.